The average molecular weight is 248 g/mol. The van der Waals surface area contributed by atoms with E-state index < -0.39 is 6.09 Å². The van der Waals surface area contributed by atoms with E-state index in [4.69, 9.17) is 5.11 Å². The van der Waals surface area contributed by atoms with Gasteiger partial charge in [-0.15, -0.1) is 0 Å². The molecule has 4 heteroatoms. The molecular formula is C14H20N2O2. The molecule has 0 radical (unpaired) electrons. The van der Waals surface area contributed by atoms with Crippen molar-refractivity contribution in [3.8, 4) is 0 Å². The first-order valence-corrected chi connectivity index (χ1v) is 6.39. The van der Waals surface area contributed by atoms with Crippen LogP contribution in [0.4, 0.5) is 4.79 Å². The molecule has 0 aliphatic carbocycles. The van der Waals surface area contributed by atoms with Gasteiger partial charge >= 0.3 is 6.09 Å². The lowest BCUT2D eigenvalue weighted by atomic mass is 9.95. The summed E-state index contributed by atoms with van der Waals surface area (Å²) in [5, 5.41) is 11.4. The highest BCUT2D eigenvalue weighted by atomic mass is 16.4. The number of likely N-dealkylation sites (tertiary alicyclic amines) is 1. The van der Waals surface area contributed by atoms with Crippen LogP contribution in [0.25, 0.3) is 0 Å². The molecule has 1 aliphatic heterocycles. The number of hydrogen-bond acceptors (Lipinski definition) is 2. The van der Waals surface area contributed by atoms with Gasteiger partial charge in [-0.25, -0.2) is 4.79 Å². The molecule has 1 fully saturated rings. The lowest BCUT2D eigenvalue weighted by Crippen LogP contribution is -2.49. The number of amides is 1. The lowest BCUT2D eigenvalue weighted by molar-refractivity contribution is 0.133. The van der Waals surface area contributed by atoms with Crippen molar-refractivity contribution in [2.75, 3.05) is 13.1 Å². The molecule has 0 aromatic heterocycles. The topological polar surface area (TPSA) is 52.6 Å². The minimum absolute atomic E-state index is 0.0509. The van der Waals surface area contributed by atoms with Gasteiger partial charge in [-0.3, -0.25) is 4.90 Å². The molecule has 0 saturated carbocycles. The van der Waals surface area contributed by atoms with Gasteiger partial charge in [0.15, 0.2) is 0 Å². The highest BCUT2D eigenvalue weighted by Gasteiger charge is 2.25. The molecule has 1 aromatic rings. The van der Waals surface area contributed by atoms with E-state index >= 15 is 0 Å². The van der Waals surface area contributed by atoms with Gasteiger partial charge < -0.3 is 10.4 Å². The van der Waals surface area contributed by atoms with Crippen LogP contribution in [0.5, 0.6) is 0 Å². The van der Waals surface area contributed by atoms with Crippen molar-refractivity contribution in [3.63, 3.8) is 0 Å². The van der Waals surface area contributed by atoms with Crippen molar-refractivity contribution >= 4 is 6.09 Å². The molecule has 0 spiro atoms. The number of nitrogens with zero attached hydrogens (tertiary/aromatic N) is 1. The summed E-state index contributed by atoms with van der Waals surface area (Å²) in [6, 6.07) is 10.4. The van der Waals surface area contributed by atoms with E-state index in [2.05, 4.69) is 29.3 Å². The molecule has 1 heterocycles. The number of rotatable bonds is 3. The predicted molar refractivity (Wildman–Crippen MR) is 70.4 cm³/mol. The summed E-state index contributed by atoms with van der Waals surface area (Å²) in [6.07, 6.45) is 0.00572. The Morgan fingerprint density at radius 3 is 2.78 bits per heavy atom. The summed E-state index contributed by atoms with van der Waals surface area (Å²) in [6.45, 7) is 4.90. The van der Waals surface area contributed by atoms with E-state index in [1.54, 1.807) is 0 Å². The molecule has 4 nitrogen and oxygen atoms in total. The Labute approximate surface area is 108 Å². The van der Waals surface area contributed by atoms with Crippen LogP contribution in [0, 0.1) is 5.92 Å². The van der Waals surface area contributed by atoms with Gasteiger partial charge in [0.25, 0.3) is 0 Å². The molecule has 98 valence electrons. The van der Waals surface area contributed by atoms with Gasteiger partial charge in [-0.2, -0.15) is 0 Å². The second kappa shape index (κ2) is 5.87. The van der Waals surface area contributed by atoms with E-state index in [1.165, 1.54) is 5.56 Å². The van der Waals surface area contributed by atoms with Crippen LogP contribution < -0.4 is 5.32 Å². The first-order valence-electron chi connectivity index (χ1n) is 6.39. The number of piperidine rings is 1. The van der Waals surface area contributed by atoms with Crippen molar-refractivity contribution in [1.29, 1.82) is 0 Å². The average Bonchev–Trinajstić information content (AvgIpc) is 2.28. The molecule has 1 aliphatic rings. The van der Waals surface area contributed by atoms with Gasteiger partial charge in [0.2, 0.25) is 0 Å². The Morgan fingerprint density at radius 1 is 1.39 bits per heavy atom. The summed E-state index contributed by atoms with van der Waals surface area (Å²) >= 11 is 0. The SMILES string of the molecule is C[C@@H]1C[C@H](NC(=O)O)CN(Cc2ccccc2)C1. The van der Waals surface area contributed by atoms with Gasteiger partial charge in [-0.1, -0.05) is 37.3 Å². The number of carboxylic acid groups (broad SMARTS) is 1. The van der Waals surface area contributed by atoms with Gasteiger partial charge in [0.1, 0.15) is 0 Å². The zero-order valence-corrected chi connectivity index (χ0v) is 10.7. The molecule has 2 N–H and O–H groups in total. The zero-order chi connectivity index (χ0) is 13.0. The van der Waals surface area contributed by atoms with Crippen LogP contribution in [0.2, 0.25) is 0 Å². The van der Waals surface area contributed by atoms with E-state index in [-0.39, 0.29) is 6.04 Å². The summed E-state index contributed by atoms with van der Waals surface area (Å²) in [7, 11) is 0. The van der Waals surface area contributed by atoms with Crippen molar-refractivity contribution in [2.24, 2.45) is 5.92 Å². The maximum Gasteiger partial charge on any atom is 0.404 e. The number of carbonyl (C=O) groups is 1. The third kappa shape index (κ3) is 3.74. The minimum Gasteiger partial charge on any atom is -0.465 e. The van der Waals surface area contributed by atoms with E-state index in [0.29, 0.717) is 5.92 Å². The fourth-order valence-electron chi connectivity index (χ4n) is 2.71. The van der Waals surface area contributed by atoms with E-state index in [0.717, 1.165) is 26.1 Å². The fourth-order valence-corrected chi connectivity index (χ4v) is 2.71. The summed E-state index contributed by atoms with van der Waals surface area (Å²) < 4.78 is 0. The summed E-state index contributed by atoms with van der Waals surface area (Å²) in [5.74, 6) is 0.527. The second-order valence-electron chi connectivity index (χ2n) is 5.17. The fraction of sp³-hybridized carbons (Fsp3) is 0.500. The van der Waals surface area contributed by atoms with Gasteiger partial charge in [0.05, 0.1) is 0 Å². The highest BCUT2D eigenvalue weighted by molar-refractivity contribution is 5.64. The highest BCUT2D eigenvalue weighted by Crippen LogP contribution is 2.18. The van der Waals surface area contributed by atoms with Crippen LogP contribution >= 0.6 is 0 Å². The molecule has 2 rings (SSSR count). The molecule has 0 unspecified atom stereocenters. The monoisotopic (exact) mass is 248 g/mol. The van der Waals surface area contributed by atoms with Crippen LogP contribution in [0.15, 0.2) is 30.3 Å². The van der Waals surface area contributed by atoms with E-state index in [1.807, 2.05) is 18.2 Å². The third-order valence-corrected chi connectivity index (χ3v) is 3.31. The number of hydrogen-bond donors (Lipinski definition) is 2. The minimum atomic E-state index is -0.922. The first kappa shape index (κ1) is 12.9. The summed E-state index contributed by atoms with van der Waals surface area (Å²) in [4.78, 5) is 13.0. The Morgan fingerprint density at radius 2 is 2.11 bits per heavy atom. The second-order valence-corrected chi connectivity index (χ2v) is 5.17. The standard InChI is InChI=1S/C14H20N2O2/c1-11-7-13(15-14(17)18)10-16(8-11)9-12-5-3-2-4-6-12/h2-6,11,13,15H,7-10H2,1H3,(H,17,18)/t11-,13+/m1/s1. The molecule has 2 atom stereocenters. The van der Waals surface area contributed by atoms with Crippen LogP contribution in [-0.4, -0.2) is 35.2 Å². The number of nitrogens with one attached hydrogen (secondary N) is 1. The smallest absolute Gasteiger partial charge is 0.404 e. The van der Waals surface area contributed by atoms with Gasteiger partial charge in [-0.05, 0) is 17.9 Å². The summed E-state index contributed by atoms with van der Waals surface area (Å²) in [5.41, 5.74) is 1.28. The van der Waals surface area contributed by atoms with Crippen molar-refractivity contribution in [2.45, 2.75) is 25.9 Å². The van der Waals surface area contributed by atoms with Crippen LogP contribution in [-0.2, 0) is 6.54 Å². The zero-order valence-electron chi connectivity index (χ0n) is 10.7. The first-order chi connectivity index (χ1) is 8.63. The molecule has 1 aromatic carbocycles. The van der Waals surface area contributed by atoms with Crippen molar-refractivity contribution < 1.29 is 9.90 Å². The molecule has 0 bridgehead atoms. The Balaban J connectivity index is 1.94. The Hall–Kier alpha value is -1.55. The molecule has 1 saturated heterocycles. The Kier molecular flexibility index (Phi) is 4.20. The third-order valence-electron chi connectivity index (χ3n) is 3.31. The van der Waals surface area contributed by atoms with E-state index in [9.17, 15) is 4.79 Å². The molecule has 18 heavy (non-hydrogen) atoms. The van der Waals surface area contributed by atoms with Crippen molar-refractivity contribution in [1.82, 2.24) is 10.2 Å². The van der Waals surface area contributed by atoms with Crippen LogP contribution in [0.1, 0.15) is 18.9 Å². The Bertz CT molecular complexity index is 394. The van der Waals surface area contributed by atoms with Gasteiger partial charge in [0, 0.05) is 25.7 Å². The largest absolute Gasteiger partial charge is 0.465 e. The number of benzene rings is 1. The molecule has 1 amide bonds. The van der Waals surface area contributed by atoms with Crippen molar-refractivity contribution in [3.05, 3.63) is 35.9 Å². The predicted octanol–water partition coefficient (Wildman–Crippen LogP) is 2.16. The molecular weight excluding hydrogens is 228 g/mol. The van der Waals surface area contributed by atoms with Crippen LogP contribution in [0.3, 0.4) is 0 Å². The lowest BCUT2D eigenvalue weighted by Gasteiger charge is -2.36. The maximum absolute atomic E-state index is 10.7. The normalized spacial score (nSPS) is 24.7. The maximum atomic E-state index is 10.7. The quantitative estimate of drug-likeness (QED) is 0.862.